The lowest BCUT2D eigenvalue weighted by Crippen LogP contribution is -2.29. The summed E-state index contributed by atoms with van der Waals surface area (Å²) in [4.78, 5) is 12.6. The summed E-state index contributed by atoms with van der Waals surface area (Å²) in [6.45, 7) is 2.07. The predicted molar refractivity (Wildman–Crippen MR) is 109 cm³/mol. The lowest BCUT2D eigenvalue weighted by Gasteiger charge is -2.15. The molecular formula is C22H24N4O. The smallest absolute Gasteiger partial charge is 0.224 e. The molecule has 2 aromatic carbocycles. The topological polar surface area (TPSA) is 51.9 Å². The molecular weight excluding hydrogens is 336 g/mol. The Kier molecular flexibility index (Phi) is 4.44. The summed E-state index contributed by atoms with van der Waals surface area (Å²) < 4.78 is 3.96. The van der Waals surface area contributed by atoms with Gasteiger partial charge < -0.3 is 9.88 Å². The third-order valence-corrected chi connectivity index (χ3v) is 5.21. The van der Waals surface area contributed by atoms with Gasteiger partial charge in [-0.05, 0) is 30.2 Å². The van der Waals surface area contributed by atoms with Gasteiger partial charge in [0, 0.05) is 47.7 Å². The highest BCUT2D eigenvalue weighted by Gasteiger charge is 2.15. The fourth-order valence-corrected chi connectivity index (χ4v) is 3.80. The maximum atomic E-state index is 12.6. The van der Waals surface area contributed by atoms with Gasteiger partial charge in [0.1, 0.15) is 0 Å². The van der Waals surface area contributed by atoms with E-state index in [-0.39, 0.29) is 11.9 Å². The van der Waals surface area contributed by atoms with E-state index in [1.807, 2.05) is 25.5 Å². The molecule has 27 heavy (non-hydrogen) atoms. The molecule has 2 aromatic heterocycles. The van der Waals surface area contributed by atoms with Crippen molar-refractivity contribution >= 4 is 27.7 Å². The van der Waals surface area contributed by atoms with E-state index in [4.69, 9.17) is 0 Å². The molecule has 0 spiro atoms. The Labute approximate surface area is 158 Å². The van der Waals surface area contributed by atoms with Gasteiger partial charge in [0.2, 0.25) is 5.91 Å². The fraction of sp³-hybridized carbons (Fsp3) is 0.273. The van der Waals surface area contributed by atoms with E-state index >= 15 is 0 Å². The van der Waals surface area contributed by atoms with Crippen molar-refractivity contribution in [3.05, 3.63) is 66.0 Å². The Bertz CT molecular complexity index is 1120. The van der Waals surface area contributed by atoms with Crippen molar-refractivity contribution in [2.45, 2.75) is 25.8 Å². The summed E-state index contributed by atoms with van der Waals surface area (Å²) in [7, 11) is 3.97. The van der Waals surface area contributed by atoms with Crippen molar-refractivity contribution in [2.75, 3.05) is 0 Å². The minimum Gasteiger partial charge on any atom is -0.349 e. The van der Waals surface area contributed by atoms with E-state index in [0.717, 1.165) is 17.5 Å². The molecule has 0 aliphatic carbocycles. The maximum Gasteiger partial charge on any atom is 0.224 e. The molecule has 0 saturated carbocycles. The Morgan fingerprint density at radius 2 is 1.89 bits per heavy atom. The molecule has 0 aliphatic rings. The molecule has 0 radical (unpaired) electrons. The van der Waals surface area contributed by atoms with Crippen LogP contribution in [-0.2, 0) is 25.3 Å². The Hall–Kier alpha value is -3.08. The van der Waals surface area contributed by atoms with E-state index < -0.39 is 0 Å². The van der Waals surface area contributed by atoms with E-state index in [2.05, 4.69) is 65.4 Å². The first-order chi connectivity index (χ1) is 13.1. The van der Waals surface area contributed by atoms with E-state index in [1.54, 1.807) is 4.68 Å². The van der Waals surface area contributed by atoms with Crippen LogP contribution in [0.3, 0.4) is 0 Å². The third-order valence-electron chi connectivity index (χ3n) is 5.21. The van der Waals surface area contributed by atoms with Gasteiger partial charge in [0.25, 0.3) is 0 Å². The number of aryl methyl sites for hydroxylation is 2. The highest BCUT2D eigenvalue weighted by Crippen LogP contribution is 2.28. The molecule has 0 bridgehead atoms. The van der Waals surface area contributed by atoms with Crippen LogP contribution >= 0.6 is 0 Å². The number of nitrogens with zero attached hydrogens (tertiary/aromatic N) is 3. The summed E-state index contributed by atoms with van der Waals surface area (Å²) in [5, 5.41) is 9.76. The normalized spacial score (nSPS) is 12.6. The number of para-hydroxylation sites is 1. The number of carbonyl (C=O) groups excluding carboxylic acids is 1. The molecule has 1 atom stereocenters. The largest absolute Gasteiger partial charge is 0.349 e. The molecule has 0 aliphatic heterocycles. The van der Waals surface area contributed by atoms with Crippen molar-refractivity contribution in [2.24, 2.45) is 14.1 Å². The van der Waals surface area contributed by atoms with Gasteiger partial charge >= 0.3 is 0 Å². The number of benzene rings is 2. The quantitative estimate of drug-likeness (QED) is 0.587. The molecule has 0 fully saturated rings. The van der Waals surface area contributed by atoms with E-state index in [1.165, 1.54) is 21.8 Å². The predicted octanol–water partition coefficient (Wildman–Crippen LogP) is 3.88. The number of carbonyl (C=O) groups is 1. The summed E-state index contributed by atoms with van der Waals surface area (Å²) in [6.07, 6.45) is 4.98. The summed E-state index contributed by atoms with van der Waals surface area (Å²) in [6, 6.07) is 14.7. The van der Waals surface area contributed by atoms with Crippen LogP contribution in [0.2, 0.25) is 0 Å². The molecule has 1 amide bonds. The van der Waals surface area contributed by atoms with Gasteiger partial charge in [0.15, 0.2) is 0 Å². The first-order valence-corrected chi connectivity index (χ1v) is 9.30. The fourth-order valence-electron chi connectivity index (χ4n) is 3.80. The minimum atomic E-state index is -0.00696. The summed E-state index contributed by atoms with van der Waals surface area (Å²) in [5.41, 5.74) is 4.45. The maximum absolute atomic E-state index is 12.6. The standard InChI is InChI=1S/C22H24N4O/c1-4-19(16-13-23-25(2)14-16)24-22(27)12-15-9-10-21-18(11-15)17-7-5-6-8-20(17)26(21)3/h5-11,13-14,19H,4,12H2,1-3H3,(H,24,27). The highest BCUT2D eigenvalue weighted by molar-refractivity contribution is 6.08. The first-order valence-electron chi connectivity index (χ1n) is 9.30. The number of aromatic nitrogens is 3. The lowest BCUT2D eigenvalue weighted by atomic mass is 10.1. The van der Waals surface area contributed by atoms with Gasteiger partial charge in [0.05, 0.1) is 18.7 Å². The van der Waals surface area contributed by atoms with Crippen LogP contribution in [0.15, 0.2) is 54.9 Å². The van der Waals surface area contributed by atoms with Gasteiger partial charge in [-0.1, -0.05) is 31.2 Å². The molecule has 5 heteroatoms. The average Bonchev–Trinajstić information content (AvgIpc) is 3.22. The molecule has 4 rings (SSSR count). The van der Waals surface area contributed by atoms with Gasteiger partial charge in [-0.3, -0.25) is 9.48 Å². The first kappa shape index (κ1) is 17.3. The summed E-state index contributed by atoms with van der Waals surface area (Å²) >= 11 is 0. The number of amides is 1. The van der Waals surface area contributed by atoms with Crippen LogP contribution in [0.1, 0.15) is 30.5 Å². The molecule has 4 aromatic rings. The number of hydrogen-bond donors (Lipinski definition) is 1. The van der Waals surface area contributed by atoms with Crippen LogP contribution in [0.25, 0.3) is 21.8 Å². The molecule has 138 valence electrons. The molecule has 0 saturated heterocycles. The number of fused-ring (bicyclic) bond motifs is 3. The molecule has 1 N–H and O–H groups in total. The van der Waals surface area contributed by atoms with Crippen molar-refractivity contribution in [1.29, 1.82) is 0 Å². The van der Waals surface area contributed by atoms with Gasteiger partial charge in [-0.2, -0.15) is 5.10 Å². The minimum absolute atomic E-state index is 0.00696. The monoisotopic (exact) mass is 360 g/mol. The second kappa shape index (κ2) is 6.91. The second-order valence-electron chi connectivity index (χ2n) is 7.08. The third kappa shape index (κ3) is 3.21. The Morgan fingerprint density at radius 3 is 2.63 bits per heavy atom. The molecule has 1 unspecified atom stereocenters. The molecule has 5 nitrogen and oxygen atoms in total. The van der Waals surface area contributed by atoms with Crippen LogP contribution in [-0.4, -0.2) is 20.3 Å². The number of nitrogens with one attached hydrogen (secondary N) is 1. The van der Waals surface area contributed by atoms with Crippen molar-refractivity contribution in [3.8, 4) is 0 Å². The average molecular weight is 360 g/mol. The SMILES string of the molecule is CCC(NC(=O)Cc1ccc2c(c1)c1ccccc1n2C)c1cnn(C)c1. The van der Waals surface area contributed by atoms with Crippen LogP contribution in [0, 0.1) is 0 Å². The Morgan fingerprint density at radius 1 is 1.11 bits per heavy atom. The van der Waals surface area contributed by atoms with Crippen LogP contribution < -0.4 is 5.32 Å². The van der Waals surface area contributed by atoms with E-state index in [9.17, 15) is 4.79 Å². The zero-order valence-electron chi connectivity index (χ0n) is 15.9. The lowest BCUT2D eigenvalue weighted by molar-refractivity contribution is -0.121. The van der Waals surface area contributed by atoms with Crippen LogP contribution in [0.4, 0.5) is 0 Å². The van der Waals surface area contributed by atoms with Gasteiger partial charge in [-0.25, -0.2) is 0 Å². The Balaban J connectivity index is 1.57. The highest BCUT2D eigenvalue weighted by atomic mass is 16.1. The van der Waals surface area contributed by atoms with Gasteiger partial charge in [-0.15, -0.1) is 0 Å². The molecule has 2 heterocycles. The zero-order chi connectivity index (χ0) is 19.0. The number of rotatable bonds is 5. The second-order valence-corrected chi connectivity index (χ2v) is 7.08. The van der Waals surface area contributed by atoms with Crippen LogP contribution in [0.5, 0.6) is 0 Å². The van der Waals surface area contributed by atoms with Crippen molar-refractivity contribution < 1.29 is 4.79 Å². The zero-order valence-corrected chi connectivity index (χ0v) is 15.9. The van der Waals surface area contributed by atoms with Crippen molar-refractivity contribution in [3.63, 3.8) is 0 Å². The number of hydrogen-bond acceptors (Lipinski definition) is 2. The van der Waals surface area contributed by atoms with E-state index in [0.29, 0.717) is 6.42 Å². The summed E-state index contributed by atoms with van der Waals surface area (Å²) in [5.74, 6) is 0.0327. The van der Waals surface area contributed by atoms with Crippen molar-refractivity contribution in [1.82, 2.24) is 19.7 Å².